The number of benzene rings is 2. The number of aliphatic hydroxyl groups is 1. The van der Waals surface area contributed by atoms with Gasteiger partial charge in [0.15, 0.2) is 10.7 Å². The average Bonchev–Trinajstić information content (AvgIpc) is 2.59. The Labute approximate surface area is 146 Å². The van der Waals surface area contributed by atoms with E-state index in [-0.39, 0.29) is 12.2 Å². The molecule has 0 saturated carbocycles. The van der Waals surface area contributed by atoms with E-state index in [9.17, 15) is 9.90 Å². The van der Waals surface area contributed by atoms with Crippen molar-refractivity contribution in [2.75, 3.05) is 14.2 Å². The molecule has 0 aliphatic heterocycles. The number of methoxy groups -OCH3 is 2. The van der Waals surface area contributed by atoms with Gasteiger partial charge in [-0.05, 0) is 17.0 Å². The molecule has 0 aliphatic rings. The molecule has 0 bridgehead atoms. The molecule has 0 saturated heterocycles. The third-order valence-electron chi connectivity index (χ3n) is 4.18. The first kappa shape index (κ1) is 18.3. The van der Waals surface area contributed by atoms with E-state index in [0.717, 1.165) is 11.6 Å². The summed E-state index contributed by atoms with van der Waals surface area (Å²) in [4.78, 5) is 15.3. The number of rotatable bonds is 5. The van der Waals surface area contributed by atoms with Gasteiger partial charge in [0.1, 0.15) is 5.75 Å². The van der Waals surface area contributed by atoms with Crippen LogP contribution in [0.4, 0.5) is 0 Å². The van der Waals surface area contributed by atoms with Gasteiger partial charge in [0.25, 0.3) is 0 Å². The SMILES string of the molecule is COC(=O)c1c(C(C)(C)C/C(O)=C/[N+]#N)cc(OC)c2ccccc12. The fourth-order valence-corrected chi connectivity index (χ4v) is 3.03. The number of ether oxygens (including phenoxy) is 2. The van der Waals surface area contributed by atoms with Gasteiger partial charge in [0.05, 0.1) is 19.8 Å². The summed E-state index contributed by atoms with van der Waals surface area (Å²) in [7, 11) is 2.90. The maximum absolute atomic E-state index is 12.5. The molecule has 0 atom stereocenters. The van der Waals surface area contributed by atoms with Crippen molar-refractivity contribution in [2.45, 2.75) is 25.7 Å². The van der Waals surface area contributed by atoms with Crippen LogP contribution in [-0.4, -0.2) is 25.3 Å². The highest BCUT2D eigenvalue weighted by atomic mass is 16.5. The van der Waals surface area contributed by atoms with Crippen LogP contribution in [0, 0.1) is 5.39 Å². The van der Waals surface area contributed by atoms with Crippen LogP contribution >= 0.6 is 0 Å². The Morgan fingerprint density at radius 2 is 1.92 bits per heavy atom. The number of aliphatic hydroxyl groups excluding tert-OH is 1. The molecule has 6 nitrogen and oxygen atoms in total. The Bertz CT molecular complexity index is 879. The van der Waals surface area contributed by atoms with E-state index in [1.807, 2.05) is 38.1 Å². The molecule has 0 amide bonds. The number of hydrogen-bond acceptors (Lipinski definition) is 5. The van der Waals surface area contributed by atoms with Crippen LogP contribution in [0.2, 0.25) is 0 Å². The zero-order chi connectivity index (χ0) is 18.6. The number of esters is 1. The minimum Gasteiger partial charge on any atom is -0.505 e. The lowest BCUT2D eigenvalue weighted by molar-refractivity contribution is 0.0600. The van der Waals surface area contributed by atoms with Crippen LogP contribution in [0.5, 0.6) is 5.75 Å². The van der Waals surface area contributed by atoms with Gasteiger partial charge in [-0.1, -0.05) is 38.1 Å². The van der Waals surface area contributed by atoms with Crippen LogP contribution in [0.15, 0.2) is 42.3 Å². The predicted molar refractivity (Wildman–Crippen MR) is 95.3 cm³/mol. The predicted octanol–water partition coefficient (Wildman–Crippen LogP) is 4.56. The van der Waals surface area contributed by atoms with Crippen molar-refractivity contribution in [3.63, 3.8) is 0 Å². The molecule has 130 valence electrons. The molecule has 0 aromatic heterocycles. The quantitative estimate of drug-likeness (QED) is 0.490. The van der Waals surface area contributed by atoms with E-state index in [0.29, 0.717) is 22.3 Å². The van der Waals surface area contributed by atoms with E-state index in [1.165, 1.54) is 7.11 Å². The maximum Gasteiger partial charge on any atom is 0.387 e. The Morgan fingerprint density at radius 1 is 1.28 bits per heavy atom. The first-order chi connectivity index (χ1) is 11.9. The summed E-state index contributed by atoms with van der Waals surface area (Å²) in [6, 6.07) is 9.21. The lowest BCUT2D eigenvalue weighted by atomic mass is 9.77. The van der Waals surface area contributed by atoms with Gasteiger partial charge in [0, 0.05) is 17.2 Å². The first-order valence-electron chi connectivity index (χ1n) is 7.76. The fourth-order valence-electron chi connectivity index (χ4n) is 3.03. The van der Waals surface area contributed by atoms with Gasteiger partial charge in [-0.2, -0.15) is 0 Å². The van der Waals surface area contributed by atoms with E-state index in [2.05, 4.69) is 4.98 Å². The van der Waals surface area contributed by atoms with Crippen molar-refractivity contribution in [1.29, 1.82) is 5.39 Å². The molecule has 0 heterocycles. The fraction of sp³-hybridized carbons (Fsp3) is 0.316. The third-order valence-corrected chi connectivity index (χ3v) is 4.18. The third kappa shape index (κ3) is 3.56. The smallest absolute Gasteiger partial charge is 0.387 e. The summed E-state index contributed by atoms with van der Waals surface area (Å²) in [5.41, 5.74) is 0.456. The van der Waals surface area contributed by atoms with Gasteiger partial charge in [-0.3, -0.25) is 0 Å². The topological polar surface area (TPSA) is 83.9 Å². The number of carbonyl (C=O) groups excluding carboxylic acids is 1. The normalized spacial score (nSPS) is 11.9. The molecule has 0 spiro atoms. The highest BCUT2D eigenvalue weighted by molar-refractivity contribution is 6.08. The molecule has 0 unspecified atom stereocenters. The van der Waals surface area contributed by atoms with Crippen molar-refractivity contribution in [3.05, 3.63) is 58.4 Å². The van der Waals surface area contributed by atoms with Crippen molar-refractivity contribution in [3.8, 4) is 5.75 Å². The van der Waals surface area contributed by atoms with Crippen LogP contribution in [0.1, 0.15) is 36.2 Å². The Kier molecular flexibility index (Phi) is 5.28. The second-order valence-corrected chi connectivity index (χ2v) is 6.34. The second kappa shape index (κ2) is 7.22. The number of hydrogen-bond donors (Lipinski definition) is 1. The van der Waals surface area contributed by atoms with Crippen LogP contribution in [-0.2, 0) is 10.2 Å². The number of nitrogens with zero attached hydrogens (tertiary/aromatic N) is 2. The minimum atomic E-state index is -0.647. The minimum absolute atomic E-state index is 0.101. The zero-order valence-corrected chi connectivity index (χ0v) is 14.7. The van der Waals surface area contributed by atoms with Crippen molar-refractivity contribution >= 4 is 16.7 Å². The summed E-state index contributed by atoms with van der Waals surface area (Å²) < 4.78 is 10.5. The maximum atomic E-state index is 12.5. The molecular weight excluding hydrogens is 320 g/mol. The summed E-state index contributed by atoms with van der Waals surface area (Å²) in [5.74, 6) is 0.0642. The molecule has 2 rings (SSSR count). The van der Waals surface area contributed by atoms with Gasteiger partial charge >= 0.3 is 12.2 Å². The lowest BCUT2D eigenvalue weighted by Crippen LogP contribution is -2.23. The highest BCUT2D eigenvalue weighted by Gasteiger charge is 2.31. The van der Waals surface area contributed by atoms with Gasteiger partial charge in [0.2, 0.25) is 5.39 Å². The standard InChI is InChI=1S/C19H20N2O4/c1-19(2,10-12(22)11-21-20)15-9-16(24-3)13-7-5-6-8-14(13)17(15)18(23)25-4/h5-9,11H,10H2,1-4H3/p+1/b12-11-. The van der Waals surface area contributed by atoms with Crippen molar-refractivity contribution in [2.24, 2.45) is 0 Å². The van der Waals surface area contributed by atoms with E-state index in [1.54, 1.807) is 13.2 Å². The second-order valence-electron chi connectivity index (χ2n) is 6.34. The van der Waals surface area contributed by atoms with Gasteiger partial charge < -0.3 is 14.6 Å². The van der Waals surface area contributed by atoms with E-state index in [4.69, 9.17) is 14.9 Å². The van der Waals surface area contributed by atoms with Gasteiger partial charge in [-0.25, -0.2) is 4.79 Å². The number of carbonyl (C=O) groups is 1. The van der Waals surface area contributed by atoms with E-state index >= 15 is 0 Å². The van der Waals surface area contributed by atoms with Crippen molar-refractivity contribution < 1.29 is 19.4 Å². The molecule has 0 radical (unpaired) electrons. The summed E-state index contributed by atoms with van der Waals surface area (Å²) in [6.07, 6.45) is 1.14. The van der Waals surface area contributed by atoms with Crippen LogP contribution < -0.4 is 4.74 Å². The molecule has 2 aromatic carbocycles. The Balaban J connectivity index is 2.80. The van der Waals surface area contributed by atoms with Crippen LogP contribution in [0.25, 0.3) is 15.7 Å². The summed E-state index contributed by atoms with van der Waals surface area (Å²) in [5, 5.41) is 20.1. The zero-order valence-electron chi connectivity index (χ0n) is 14.7. The Morgan fingerprint density at radius 3 is 2.48 bits per heavy atom. The number of allylic oxidation sites excluding steroid dienone is 1. The molecule has 2 aromatic rings. The van der Waals surface area contributed by atoms with E-state index < -0.39 is 11.4 Å². The van der Waals surface area contributed by atoms with Gasteiger partial charge in [-0.15, -0.1) is 0 Å². The lowest BCUT2D eigenvalue weighted by Gasteiger charge is -2.28. The molecular formula is C19H21N2O4+. The number of diazo groups is 1. The number of fused-ring (bicyclic) bond motifs is 1. The highest BCUT2D eigenvalue weighted by Crippen LogP contribution is 2.40. The molecule has 6 heteroatoms. The summed E-state index contributed by atoms with van der Waals surface area (Å²) in [6.45, 7) is 3.76. The monoisotopic (exact) mass is 341 g/mol. The average molecular weight is 341 g/mol. The molecule has 0 aliphatic carbocycles. The van der Waals surface area contributed by atoms with Crippen LogP contribution in [0.3, 0.4) is 0 Å². The largest absolute Gasteiger partial charge is 0.505 e. The molecule has 25 heavy (non-hydrogen) atoms. The summed E-state index contributed by atoms with van der Waals surface area (Å²) >= 11 is 0. The molecule has 0 fully saturated rings. The van der Waals surface area contributed by atoms with Crippen molar-refractivity contribution in [1.82, 2.24) is 0 Å². The Hall–Kier alpha value is -3.07. The molecule has 1 N–H and O–H groups in total. The first-order valence-corrected chi connectivity index (χ1v) is 7.76.